The fourth-order valence-corrected chi connectivity index (χ4v) is 3.67. The van der Waals surface area contributed by atoms with Crippen molar-refractivity contribution in [2.24, 2.45) is 0 Å². The van der Waals surface area contributed by atoms with Crippen LogP contribution in [0.5, 0.6) is 0 Å². The summed E-state index contributed by atoms with van der Waals surface area (Å²) in [7, 11) is 1.48. The van der Waals surface area contributed by atoms with Crippen LogP contribution in [0, 0.1) is 0 Å². The van der Waals surface area contributed by atoms with Gasteiger partial charge in [0.25, 0.3) is 0 Å². The van der Waals surface area contributed by atoms with Gasteiger partial charge in [-0.3, -0.25) is 9.59 Å². The van der Waals surface area contributed by atoms with Gasteiger partial charge in [-0.1, -0.05) is 60.7 Å². The molecule has 0 aliphatic carbocycles. The first kappa shape index (κ1) is 24.9. The number of carbonyl (C=O) groups excluding carboxylic acids is 2. The second-order valence-electron chi connectivity index (χ2n) is 7.69. The predicted octanol–water partition coefficient (Wildman–Crippen LogP) is 3.02. The molecule has 33 heavy (non-hydrogen) atoms. The number of benzene rings is 2. The van der Waals surface area contributed by atoms with E-state index in [-0.39, 0.29) is 6.61 Å². The van der Waals surface area contributed by atoms with Crippen molar-refractivity contribution in [3.63, 3.8) is 0 Å². The lowest BCUT2D eigenvalue weighted by molar-refractivity contribution is -0.203. The molecule has 8 nitrogen and oxygen atoms in total. The summed E-state index contributed by atoms with van der Waals surface area (Å²) in [4.78, 5) is 23.3. The molecular weight excluding hydrogens is 428 g/mol. The largest absolute Gasteiger partial charge is 0.453 e. The normalized spacial score (nSPS) is 23.1. The first-order chi connectivity index (χ1) is 16.0. The zero-order chi connectivity index (χ0) is 23.6. The van der Waals surface area contributed by atoms with E-state index >= 15 is 0 Å². The highest BCUT2D eigenvalue weighted by atomic mass is 16.7. The Kier molecular flexibility index (Phi) is 9.38. The second kappa shape index (κ2) is 12.5. The molecule has 1 saturated heterocycles. The molecule has 0 N–H and O–H groups in total. The fraction of sp³-hybridized carbons (Fsp3) is 0.440. The first-order valence-electron chi connectivity index (χ1n) is 10.8. The number of hydrogen-bond acceptors (Lipinski definition) is 8. The van der Waals surface area contributed by atoms with Crippen molar-refractivity contribution in [2.45, 2.75) is 57.8 Å². The van der Waals surface area contributed by atoms with E-state index in [2.05, 4.69) is 0 Å². The van der Waals surface area contributed by atoms with Gasteiger partial charge in [0, 0.05) is 21.0 Å². The van der Waals surface area contributed by atoms with E-state index in [4.69, 9.17) is 28.4 Å². The van der Waals surface area contributed by atoms with Gasteiger partial charge >= 0.3 is 11.9 Å². The summed E-state index contributed by atoms with van der Waals surface area (Å²) in [6.07, 6.45) is -4.06. The maximum Gasteiger partial charge on any atom is 0.305 e. The Bertz CT molecular complexity index is 872. The molecular formula is C25H30O8. The molecule has 0 spiro atoms. The quantitative estimate of drug-likeness (QED) is 0.475. The van der Waals surface area contributed by atoms with Crippen LogP contribution in [0.1, 0.15) is 25.0 Å². The number of ether oxygens (including phenoxy) is 6. The molecule has 178 valence electrons. The Morgan fingerprint density at radius 3 is 1.97 bits per heavy atom. The minimum Gasteiger partial charge on any atom is -0.453 e. The van der Waals surface area contributed by atoms with Crippen LogP contribution in [0.25, 0.3) is 0 Å². The molecule has 5 atom stereocenters. The molecule has 1 aliphatic rings. The van der Waals surface area contributed by atoms with Crippen LogP contribution < -0.4 is 0 Å². The molecule has 0 saturated carbocycles. The topological polar surface area (TPSA) is 89.5 Å². The van der Waals surface area contributed by atoms with Gasteiger partial charge in [-0.25, -0.2) is 0 Å². The van der Waals surface area contributed by atoms with Gasteiger partial charge in [0.15, 0.2) is 6.10 Å². The SMILES string of the molecule is CO[C@H]1[C@@H]([C@@H](COCc2ccccc2)OCc2ccccc2)OC(OC(C)=O)[C@@H]1OC(C)=O. The Balaban J connectivity index is 1.76. The van der Waals surface area contributed by atoms with E-state index < -0.39 is 42.6 Å². The van der Waals surface area contributed by atoms with Gasteiger partial charge in [-0.15, -0.1) is 0 Å². The Hall–Kier alpha value is -2.78. The van der Waals surface area contributed by atoms with Gasteiger partial charge in [0.05, 0.1) is 19.8 Å². The third-order valence-corrected chi connectivity index (χ3v) is 5.13. The Morgan fingerprint density at radius 2 is 1.42 bits per heavy atom. The minimum absolute atomic E-state index is 0.186. The summed E-state index contributed by atoms with van der Waals surface area (Å²) < 4.78 is 34.4. The van der Waals surface area contributed by atoms with Gasteiger partial charge in [-0.05, 0) is 11.1 Å². The highest BCUT2D eigenvalue weighted by Gasteiger charge is 2.52. The maximum absolute atomic E-state index is 11.7. The summed E-state index contributed by atoms with van der Waals surface area (Å²) in [5.74, 6) is -1.10. The van der Waals surface area contributed by atoms with Gasteiger partial charge in [-0.2, -0.15) is 0 Å². The third-order valence-electron chi connectivity index (χ3n) is 5.13. The molecule has 3 rings (SSSR count). The van der Waals surface area contributed by atoms with Crippen LogP contribution in [-0.2, 0) is 51.2 Å². The molecule has 1 heterocycles. The summed E-state index contributed by atoms with van der Waals surface area (Å²) in [6.45, 7) is 3.42. The highest BCUT2D eigenvalue weighted by molar-refractivity contribution is 5.67. The predicted molar refractivity (Wildman–Crippen MR) is 118 cm³/mol. The molecule has 1 unspecified atom stereocenters. The summed E-state index contributed by atoms with van der Waals surface area (Å²) in [5, 5.41) is 0. The van der Waals surface area contributed by atoms with E-state index in [0.29, 0.717) is 13.2 Å². The highest BCUT2D eigenvalue weighted by Crippen LogP contribution is 2.31. The van der Waals surface area contributed by atoms with Gasteiger partial charge < -0.3 is 28.4 Å². The number of rotatable bonds is 11. The summed E-state index contributed by atoms with van der Waals surface area (Å²) in [5.41, 5.74) is 2.00. The zero-order valence-corrected chi connectivity index (χ0v) is 19.0. The van der Waals surface area contributed by atoms with Crippen LogP contribution in [0.4, 0.5) is 0 Å². The van der Waals surface area contributed by atoms with Crippen LogP contribution in [0.3, 0.4) is 0 Å². The molecule has 0 bridgehead atoms. The standard InChI is InChI=1S/C25H30O8/c1-17(26)31-24-23(28-3)22(33-25(24)32-18(2)27)21(30-15-20-12-8-5-9-13-20)16-29-14-19-10-6-4-7-11-19/h4-13,21-25H,14-16H2,1-3H3/t21-,22-,23+,24-,25?/m1/s1. The van der Waals surface area contributed by atoms with Crippen molar-refractivity contribution >= 4 is 11.9 Å². The van der Waals surface area contributed by atoms with Crippen molar-refractivity contribution < 1.29 is 38.0 Å². The Labute approximate surface area is 193 Å². The van der Waals surface area contributed by atoms with Crippen LogP contribution >= 0.6 is 0 Å². The minimum atomic E-state index is -1.11. The van der Waals surface area contributed by atoms with Crippen molar-refractivity contribution in [2.75, 3.05) is 13.7 Å². The molecule has 1 fully saturated rings. The molecule has 0 radical (unpaired) electrons. The van der Waals surface area contributed by atoms with Crippen molar-refractivity contribution in [1.82, 2.24) is 0 Å². The lowest BCUT2D eigenvalue weighted by atomic mass is 10.1. The summed E-state index contributed by atoms with van der Waals surface area (Å²) in [6, 6.07) is 19.5. The van der Waals surface area contributed by atoms with E-state index in [1.165, 1.54) is 21.0 Å². The van der Waals surface area contributed by atoms with Gasteiger partial charge in [0.1, 0.15) is 18.3 Å². The molecule has 8 heteroatoms. The summed E-state index contributed by atoms with van der Waals surface area (Å²) >= 11 is 0. The number of esters is 2. The van der Waals surface area contributed by atoms with Crippen LogP contribution in [-0.4, -0.2) is 56.4 Å². The smallest absolute Gasteiger partial charge is 0.305 e. The molecule has 0 amide bonds. The maximum atomic E-state index is 11.7. The van der Waals surface area contributed by atoms with Crippen molar-refractivity contribution in [3.05, 3.63) is 71.8 Å². The van der Waals surface area contributed by atoms with E-state index in [0.717, 1.165) is 11.1 Å². The fourth-order valence-electron chi connectivity index (χ4n) is 3.67. The van der Waals surface area contributed by atoms with Crippen LogP contribution in [0.15, 0.2) is 60.7 Å². The number of methoxy groups -OCH3 is 1. The molecule has 2 aromatic rings. The first-order valence-corrected chi connectivity index (χ1v) is 10.8. The number of carbonyl (C=O) groups is 2. The Morgan fingerprint density at radius 1 is 0.848 bits per heavy atom. The molecule has 0 aromatic heterocycles. The lowest BCUT2D eigenvalue weighted by Gasteiger charge is -2.28. The van der Waals surface area contributed by atoms with E-state index in [9.17, 15) is 9.59 Å². The van der Waals surface area contributed by atoms with E-state index in [1.807, 2.05) is 60.7 Å². The second-order valence-corrected chi connectivity index (χ2v) is 7.69. The lowest BCUT2D eigenvalue weighted by Crippen LogP contribution is -2.45. The average molecular weight is 459 g/mol. The van der Waals surface area contributed by atoms with E-state index in [1.54, 1.807) is 0 Å². The molecule has 1 aliphatic heterocycles. The monoisotopic (exact) mass is 458 g/mol. The average Bonchev–Trinajstić information content (AvgIpc) is 3.13. The molecule has 2 aromatic carbocycles. The zero-order valence-electron chi connectivity index (χ0n) is 19.0. The van der Waals surface area contributed by atoms with Crippen molar-refractivity contribution in [1.29, 1.82) is 0 Å². The van der Waals surface area contributed by atoms with Crippen LogP contribution in [0.2, 0.25) is 0 Å². The third kappa shape index (κ3) is 7.36. The van der Waals surface area contributed by atoms with Gasteiger partial charge in [0.2, 0.25) is 6.29 Å². The number of hydrogen-bond donors (Lipinski definition) is 0. The van der Waals surface area contributed by atoms with Crippen molar-refractivity contribution in [3.8, 4) is 0 Å².